The number of hydrogen-bond acceptors (Lipinski definition) is 4. The second-order valence-electron chi connectivity index (χ2n) is 5.01. The zero-order chi connectivity index (χ0) is 15.9. The minimum atomic E-state index is -0.273. The van der Waals surface area contributed by atoms with Gasteiger partial charge in [-0.05, 0) is 55.5 Å². The minimum absolute atomic E-state index is 0.273. The number of benzene rings is 1. The maximum atomic E-state index is 12.2. The molecule has 1 aromatic rings. The third-order valence-corrected chi connectivity index (χ3v) is 3.60. The van der Waals surface area contributed by atoms with E-state index in [4.69, 9.17) is 14.2 Å². The molecule has 1 aromatic carbocycles. The first-order chi connectivity index (χ1) is 10.7. The predicted octanol–water partition coefficient (Wildman–Crippen LogP) is 3.76. The molecule has 0 saturated carbocycles. The van der Waals surface area contributed by atoms with Gasteiger partial charge in [0.05, 0.1) is 26.4 Å². The molecule has 4 heteroatoms. The van der Waals surface area contributed by atoms with Crippen LogP contribution in [0.2, 0.25) is 0 Å². The second kappa shape index (κ2) is 7.69. The van der Waals surface area contributed by atoms with Crippen molar-refractivity contribution >= 4 is 12.0 Å². The van der Waals surface area contributed by atoms with Crippen molar-refractivity contribution in [2.75, 3.05) is 20.8 Å². The largest absolute Gasteiger partial charge is 0.493 e. The molecule has 0 aromatic heterocycles. The van der Waals surface area contributed by atoms with E-state index in [-0.39, 0.29) is 5.97 Å². The molecule has 0 amide bonds. The van der Waals surface area contributed by atoms with Crippen molar-refractivity contribution in [1.29, 1.82) is 0 Å². The van der Waals surface area contributed by atoms with Crippen molar-refractivity contribution in [3.05, 3.63) is 41.0 Å². The molecule has 0 heterocycles. The summed E-state index contributed by atoms with van der Waals surface area (Å²) in [7, 11) is 3.19. The molecule has 0 radical (unpaired) electrons. The summed E-state index contributed by atoms with van der Waals surface area (Å²) in [5.74, 6) is 1.03. The summed E-state index contributed by atoms with van der Waals surface area (Å²) in [6.45, 7) is 2.18. The second-order valence-corrected chi connectivity index (χ2v) is 5.01. The third kappa shape index (κ3) is 3.70. The molecule has 2 rings (SSSR count). The van der Waals surface area contributed by atoms with Crippen LogP contribution in [0.5, 0.6) is 11.5 Å². The van der Waals surface area contributed by atoms with Crippen LogP contribution in [0, 0.1) is 0 Å². The Morgan fingerprint density at radius 2 is 2.00 bits per heavy atom. The van der Waals surface area contributed by atoms with Crippen LogP contribution in [0.15, 0.2) is 35.4 Å². The molecular formula is C18H22O4. The minimum Gasteiger partial charge on any atom is -0.493 e. The third-order valence-electron chi connectivity index (χ3n) is 3.60. The molecule has 118 valence electrons. The lowest BCUT2D eigenvalue weighted by Crippen LogP contribution is -2.09. The quantitative estimate of drug-likeness (QED) is 0.593. The molecule has 1 aliphatic carbocycles. The Bertz CT molecular complexity index is 599. The number of methoxy groups -OCH3 is 2. The number of ether oxygens (including phenoxy) is 3. The van der Waals surface area contributed by atoms with Crippen LogP contribution in [-0.2, 0) is 9.53 Å². The van der Waals surface area contributed by atoms with Crippen molar-refractivity contribution in [3.8, 4) is 11.5 Å². The van der Waals surface area contributed by atoms with E-state index in [1.165, 1.54) is 0 Å². The van der Waals surface area contributed by atoms with Gasteiger partial charge in [-0.25, -0.2) is 4.79 Å². The van der Waals surface area contributed by atoms with Gasteiger partial charge in [0.2, 0.25) is 0 Å². The highest BCUT2D eigenvalue weighted by Gasteiger charge is 2.18. The van der Waals surface area contributed by atoms with Crippen LogP contribution in [0.1, 0.15) is 31.7 Å². The highest BCUT2D eigenvalue weighted by Crippen LogP contribution is 2.31. The Morgan fingerprint density at radius 1 is 1.23 bits per heavy atom. The van der Waals surface area contributed by atoms with Crippen LogP contribution in [0.3, 0.4) is 0 Å². The van der Waals surface area contributed by atoms with Gasteiger partial charge in [-0.15, -0.1) is 0 Å². The molecule has 0 bridgehead atoms. The maximum absolute atomic E-state index is 12.2. The van der Waals surface area contributed by atoms with E-state index >= 15 is 0 Å². The number of rotatable bonds is 6. The molecule has 0 aliphatic heterocycles. The summed E-state index contributed by atoms with van der Waals surface area (Å²) in [6, 6.07) is 5.58. The van der Waals surface area contributed by atoms with Crippen LogP contribution >= 0.6 is 0 Å². The first-order valence-corrected chi connectivity index (χ1v) is 7.49. The van der Waals surface area contributed by atoms with Crippen molar-refractivity contribution in [2.45, 2.75) is 26.2 Å². The van der Waals surface area contributed by atoms with Crippen molar-refractivity contribution in [3.63, 3.8) is 0 Å². The molecule has 1 aliphatic rings. The van der Waals surface area contributed by atoms with Gasteiger partial charge in [0.1, 0.15) is 0 Å². The molecule has 0 spiro atoms. The number of carbonyl (C=O) groups is 1. The predicted molar refractivity (Wildman–Crippen MR) is 86.1 cm³/mol. The molecule has 0 saturated heterocycles. The Kier molecular flexibility index (Phi) is 5.64. The average molecular weight is 302 g/mol. The van der Waals surface area contributed by atoms with Crippen molar-refractivity contribution < 1.29 is 19.0 Å². The SMILES string of the molecule is CCOC(=O)/C(=C/c1ccc(OC)c(OC)c1)C1=CCCC1. The molecule has 0 unspecified atom stereocenters. The number of esters is 1. The Hall–Kier alpha value is -2.23. The lowest BCUT2D eigenvalue weighted by molar-refractivity contribution is -0.138. The summed E-state index contributed by atoms with van der Waals surface area (Å²) in [4.78, 5) is 12.2. The van der Waals surface area contributed by atoms with Gasteiger partial charge >= 0.3 is 5.97 Å². The van der Waals surface area contributed by atoms with Crippen LogP contribution < -0.4 is 9.47 Å². The molecule has 0 atom stereocenters. The maximum Gasteiger partial charge on any atom is 0.338 e. The number of carbonyl (C=O) groups excluding carboxylic acids is 1. The topological polar surface area (TPSA) is 44.8 Å². The normalized spacial score (nSPS) is 14.5. The molecule has 0 fully saturated rings. The van der Waals surface area contributed by atoms with Gasteiger partial charge in [0, 0.05) is 0 Å². The average Bonchev–Trinajstić information content (AvgIpc) is 3.06. The van der Waals surface area contributed by atoms with Gasteiger partial charge in [0.15, 0.2) is 11.5 Å². The van der Waals surface area contributed by atoms with Crippen LogP contribution in [0.25, 0.3) is 6.08 Å². The summed E-state index contributed by atoms with van der Waals surface area (Å²) in [5, 5.41) is 0. The van der Waals surface area contributed by atoms with Crippen LogP contribution in [0.4, 0.5) is 0 Å². The van der Waals surface area contributed by atoms with E-state index in [0.29, 0.717) is 23.7 Å². The van der Waals surface area contributed by atoms with E-state index in [2.05, 4.69) is 6.08 Å². The monoisotopic (exact) mass is 302 g/mol. The first-order valence-electron chi connectivity index (χ1n) is 7.49. The highest BCUT2D eigenvalue weighted by atomic mass is 16.5. The van der Waals surface area contributed by atoms with E-state index < -0.39 is 0 Å². The van der Waals surface area contributed by atoms with Gasteiger partial charge in [0.25, 0.3) is 0 Å². The standard InChI is InChI=1S/C18H22O4/c1-4-22-18(19)15(14-7-5-6-8-14)11-13-9-10-16(20-2)17(12-13)21-3/h7,9-12H,4-6,8H2,1-3H3/b15-11+. The van der Waals surface area contributed by atoms with Gasteiger partial charge in [-0.1, -0.05) is 12.1 Å². The Balaban J connectivity index is 2.38. The van der Waals surface area contributed by atoms with Crippen LogP contribution in [-0.4, -0.2) is 26.8 Å². The van der Waals surface area contributed by atoms with E-state index in [1.807, 2.05) is 31.2 Å². The molecule has 22 heavy (non-hydrogen) atoms. The van der Waals surface area contributed by atoms with E-state index in [0.717, 1.165) is 30.4 Å². The molecule has 4 nitrogen and oxygen atoms in total. The fraction of sp³-hybridized carbons (Fsp3) is 0.389. The molecular weight excluding hydrogens is 280 g/mol. The fourth-order valence-corrected chi connectivity index (χ4v) is 2.52. The zero-order valence-electron chi connectivity index (χ0n) is 13.3. The van der Waals surface area contributed by atoms with Crippen molar-refractivity contribution in [1.82, 2.24) is 0 Å². The zero-order valence-corrected chi connectivity index (χ0v) is 13.3. The first kappa shape index (κ1) is 16.1. The smallest absolute Gasteiger partial charge is 0.338 e. The summed E-state index contributed by atoms with van der Waals surface area (Å²) in [5.41, 5.74) is 2.58. The fourth-order valence-electron chi connectivity index (χ4n) is 2.52. The highest BCUT2D eigenvalue weighted by molar-refractivity contribution is 5.98. The van der Waals surface area contributed by atoms with Gasteiger partial charge in [-0.3, -0.25) is 0 Å². The van der Waals surface area contributed by atoms with E-state index in [1.54, 1.807) is 14.2 Å². The molecule has 0 N–H and O–H groups in total. The van der Waals surface area contributed by atoms with E-state index in [9.17, 15) is 4.79 Å². The summed E-state index contributed by atoms with van der Waals surface area (Å²) >= 11 is 0. The Labute approximate surface area is 131 Å². The summed E-state index contributed by atoms with van der Waals surface area (Å²) in [6.07, 6.45) is 6.98. The lowest BCUT2D eigenvalue weighted by atomic mass is 10.0. The van der Waals surface area contributed by atoms with Gasteiger partial charge in [-0.2, -0.15) is 0 Å². The number of hydrogen-bond donors (Lipinski definition) is 0. The number of allylic oxidation sites excluding steroid dienone is 1. The Morgan fingerprint density at radius 3 is 2.59 bits per heavy atom. The summed E-state index contributed by atoms with van der Waals surface area (Å²) < 4.78 is 15.7. The lowest BCUT2D eigenvalue weighted by Gasteiger charge is -2.10. The van der Waals surface area contributed by atoms with Gasteiger partial charge < -0.3 is 14.2 Å². The van der Waals surface area contributed by atoms with Crippen molar-refractivity contribution in [2.24, 2.45) is 0 Å².